The third-order valence-electron chi connectivity index (χ3n) is 2.41. The molecule has 104 valence electrons. The van der Waals surface area contributed by atoms with Crippen LogP contribution in [0.1, 0.15) is 33.6 Å². The first kappa shape index (κ1) is 16.9. The van der Waals surface area contributed by atoms with Crippen molar-refractivity contribution in [2.45, 2.75) is 39.2 Å². The van der Waals surface area contributed by atoms with Crippen LogP contribution in [0.5, 0.6) is 0 Å². The highest BCUT2D eigenvalue weighted by molar-refractivity contribution is 5.76. The van der Waals surface area contributed by atoms with E-state index in [2.05, 4.69) is 32.2 Å². The first-order valence-corrected chi connectivity index (χ1v) is 6.29. The van der Waals surface area contributed by atoms with Crippen LogP contribution in [0, 0.1) is 11.3 Å². The molecule has 0 radical (unpaired) electrons. The van der Waals surface area contributed by atoms with Crippen molar-refractivity contribution in [1.82, 2.24) is 10.2 Å². The van der Waals surface area contributed by atoms with Crippen LogP contribution in [0.25, 0.3) is 0 Å². The Morgan fingerprint density at radius 3 is 2.56 bits per heavy atom. The first-order valence-electron chi connectivity index (χ1n) is 6.29. The Bertz CT molecular complexity index is 279. The summed E-state index contributed by atoms with van der Waals surface area (Å²) in [6.07, 6.45) is 0.814. The van der Waals surface area contributed by atoms with Crippen molar-refractivity contribution >= 4 is 5.91 Å². The van der Waals surface area contributed by atoms with Gasteiger partial charge in [-0.3, -0.25) is 4.79 Å². The number of carbonyl (C=O) groups excluding carboxylic acids is 1. The van der Waals surface area contributed by atoms with Crippen LogP contribution in [0.2, 0.25) is 0 Å². The number of nitrogens with one attached hydrogen (secondary N) is 1. The summed E-state index contributed by atoms with van der Waals surface area (Å²) in [5.41, 5.74) is 0.0181. The van der Waals surface area contributed by atoms with E-state index in [0.29, 0.717) is 39.1 Å². The number of ether oxygens (including phenoxy) is 1. The lowest BCUT2D eigenvalue weighted by atomic mass is 10.1. The number of carbonyl (C=O) groups is 1. The molecule has 0 aliphatic carbocycles. The van der Waals surface area contributed by atoms with Gasteiger partial charge in [-0.05, 0) is 20.8 Å². The number of hydrogen-bond donors (Lipinski definition) is 1. The molecule has 0 bridgehead atoms. The third-order valence-corrected chi connectivity index (χ3v) is 2.41. The zero-order valence-corrected chi connectivity index (χ0v) is 12.0. The van der Waals surface area contributed by atoms with E-state index in [1.165, 1.54) is 0 Å². The van der Waals surface area contributed by atoms with E-state index in [9.17, 15) is 4.79 Å². The van der Waals surface area contributed by atoms with Crippen molar-refractivity contribution in [3.05, 3.63) is 0 Å². The normalized spacial score (nSPS) is 11.1. The van der Waals surface area contributed by atoms with Crippen LogP contribution in [-0.4, -0.2) is 49.7 Å². The van der Waals surface area contributed by atoms with Gasteiger partial charge in [0.1, 0.15) is 0 Å². The molecule has 0 atom stereocenters. The van der Waals surface area contributed by atoms with Gasteiger partial charge in [-0.1, -0.05) is 0 Å². The lowest BCUT2D eigenvalue weighted by Crippen LogP contribution is -2.40. The molecule has 5 heteroatoms. The summed E-state index contributed by atoms with van der Waals surface area (Å²) in [6.45, 7) is 8.38. The smallest absolute Gasteiger partial charge is 0.223 e. The van der Waals surface area contributed by atoms with E-state index in [0.717, 1.165) is 0 Å². The van der Waals surface area contributed by atoms with Gasteiger partial charge in [-0.25, -0.2) is 0 Å². The second-order valence-corrected chi connectivity index (χ2v) is 5.21. The van der Waals surface area contributed by atoms with Gasteiger partial charge in [0.05, 0.1) is 19.1 Å². The number of nitriles is 1. The molecular formula is C13H25N3O2. The van der Waals surface area contributed by atoms with Crippen LogP contribution >= 0.6 is 0 Å². The van der Waals surface area contributed by atoms with Crippen molar-refractivity contribution in [1.29, 1.82) is 5.26 Å². The summed E-state index contributed by atoms with van der Waals surface area (Å²) >= 11 is 0. The fraction of sp³-hybridized carbons (Fsp3) is 0.846. The van der Waals surface area contributed by atoms with Crippen LogP contribution < -0.4 is 5.32 Å². The fourth-order valence-electron chi connectivity index (χ4n) is 1.45. The van der Waals surface area contributed by atoms with Gasteiger partial charge >= 0.3 is 0 Å². The Labute approximate surface area is 110 Å². The summed E-state index contributed by atoms with van der Waals surface area (Å²) in [5, 5.41) is 11.8. The summed E-state index contributed by atoms with van der Waals surface area (Å²) < 4.78 is 4.97. The van der Waals surface area contributed by atoms with Gasteiger partial charge in [0.15, 0.2) is 0 Å². The van der Waals surface area contributed by atoms with Crippen molar-refractivity contribution < 1.29 is 9.53 Å². The average molecular weight is 255 g/mol. The van der Waals surface area contributed by atoms with Crippen molar-refractivity contribution in [2.24, 2.45) is 0 Å². The molecular weight excluding hydrogens is 230 g/mol. The van der Waals surface area contributed by atoms with E-state index in [-0.39, 0.29) is 11.4 Å². The van der Waals surface area contributed by atoms with Gasteiger partial charge in [0, 0.05) is 38.7 Å². The van der Waals surface area contributed by atoms with Crippen LogP contribution in [0.3, 0.4) is 0 Å². The molecule has 0 aromatic rings. The molecule has 0 rings (SSSR count). The molecule has 1 amide bonds. The standard InChI is InChI=1S/C13H25N3O2/c1-13(2,3)15-8-6-12(17)16(9-5-7-14)10-11-18-4/h15H,5-6,8-11H2,1-4H3. The minimum Gasteiger partial charge on any atom is -0.383 e. The lowest BCUT2D eigenvalue weighted by Gasteiger charge is -2.24. The highest BCUT2D eigenvalue weighted by Gasteiger charge is 2.14. The molecule has 5 nitrogen and oxygen atoms in total. The van der Waals surface area contributed by atoms with E-state index in [1.54, 1.807) is 12.0 Å². The number of amides is 1. The molecule has 0 aromatic heterocycles. The molecule has 0 saturated carbocycles. The van der Waals surface area contributed by atoms with Gasteiger partial charge < -0.3 is 15.0 Å². The maximum Gasteiger partial charge on any atom is 0.223 e. The molecule has 0 fully saturated rings. The molecule has 0 saturated heterocycles. The molecule has 1 N–H and O–H groups in total. The van der Waals surface area contributed by atoms with Crippen molar-refractivity contribution in [3.63, 3.8) is 0 Å². The van der Waals surface area contributed by atoms with E-state index < -0.39 is 0 Å². The summed E-state index contributed by atoms with van der Waals surface area (Å²) in [5.74, 6) is 0.0686. The molecule has 0 heterocycles. The Kier molecular flexibility index (Phi) is 8.34. The Balaban J connectivity index is 4.08. The van der Waals surface area contributed by atoms with E-state index in [1.807, 2.05) is 0 Å². The second-order valence-electron chi connectivity index (χ2n) is 5.21. The molecule has 0 spiro atoms. The largest absolute Gasteiger partial charge is 0.383 e. The SMILES string of the molecule is COCCN(CCC#N)C(=O)CCNC(C)(C)C. The maximum absolute atomic E-state index is 12.0. The molecule has 18 heavy (non-hydrogen) atoms. The van der Waals surface area contributed by atoms with E-state index >= 15 is 0 Å². The van der Waals surface area contributed by atoms with Crippen LogP contribution in [0.4, 0.5) is 0 Å². The first-order chi connectivity index (χ1) is 8.40. The summed E-state index contributed by atoms with van der Waals surface area (Å²) in [6, 6.07) is 2.06. The van der Waals surface area contributed by atoms with Crippen LogP contribution in [0.15, 0.2) is 0 Å². The lowest BCUT2D eigenvalue weighted by molar-refractivity contribution is -0.131. The van der Waals surface area contributed by atoms with E-state index in [4.69, 9.17) is 10.00 Å². The Morgan fingerprint density at radius 1 is 1.39 bits per heavy atom. The van der Waals surface area contributed by atoms with Gasteiger partial charge in [-0.2, -0.15) is 5.26 Å². The third kappa shape index (κ3) is 8.97. The highest BCUT2D eigenvalue weighted by atomic mass is 16.5. The zero-order valence-electron chi connectivity index (χ0n) is 12.0. The predicted octanol–water partition coefficient (Wildman–Crippen LogP) is 1.15. The number of methoxy groups -OCH3 is 1. The zero-order chi connectivity index (χ0) is 14.0. The van der Waals surface area contributed by atoms with Crippen LogP contribution in [-0.2, 0) is 9.53 Å². The minimum absolute atomic E-state index is 0.0181. The van der Waals surface area contributed by atoms with Gasteiger partial charge in [0.2, 0.25) is 5.91 Å². The predicted molar refractivity (Wildman–Crippen MR) is 71.1 cm³/mol. The molecule has 0 unspecified atom stereocenters. The monoisotopic (exact) mass is 255 g/mol. The average Bonchev–Trinajstić information content (AvgIpc) is 2.27. The topological polar surface area (TPSA) is 65.4 Å². The minimum atomic E-state index is 0.0181. The Hall–Kier alpha value is -1.12. The molecule has 0 aliphatic heterocycles. The highest BCUT2D eigenvalue weighted by Crippen LogP contribution is 2.00. The van der Waals surface area contributed by atoms with Gasteiger partial charge in [-0.15, -0.1) is 0 Å². The summed E-state index contributed by atoms with van der Waals surface area (Å²) in [4.78, 5) is 13.7. The summed E-state index contributed by atoms with van der Waals surface area (Å²) in [7, 11) is 1.61. The number of hydrogen-bond acceptors (Lipinski definition) is 4. The van der Waals surface area contributed by atoms with Crippen molar-refractivity contribution in [3.8, 4) is 6.07 Å². The van der Waals surface area contributed by atoms with Gasteiger partial charge in [0.25, 0.3) is 0 Å². The second kappa shape index (κ2) is 8.90. The molecule has 0 aliphatic rings. The molecule has 0 aromatic carbocycles. The number of rotatable bonds is 8. The quantitative estimate of drug-likeness (QED) is 0.706. The Morgan fingerprint density at radius 2 is 2.06 bits per heavy atom. The maximum atomic E-state index is 12.0. The number of nitrogens with zero attached hydrogens (tertiary/aromatic N) is 2. The van der Waals surface area contributed by atoms with Crippen molar-refractivity contribution in [2.75, 3.05) is 33.4 Å². The fourth-order valence-corrected chi connectivity index (χ4v) is 1.45.